The Kier molecular flexibility index (Phi) is 7.21. The zero-order valence-corrected chi connectivity index (χ0v) is 18.8. The van der Waals surface area contributed by atoms with Gasteiger partial charge in [-0.25, -0.2) is 4.79 Å². The van der Waals surface area contributed by atoms with E-state index < -0.39 is 0 Å². The summed E-state index contributed by atoms with van der Waals surface area (Å²) in [5.74, 6) is 5.07. The standard InChI is InChI=1S/C23H31N5O2S/c1-30-23(29)22(19-8-15-31-17-19)28-9-6-21(7-10-28)27-13-11-26(12-14-27)20-4-2-18(3-5-20)16-25-24/h2-5,8,15-17,21-22H,6-7,9-14,24H2,1H3. The van der Waals surface area contributed by atoms with Crippen LogP contribution in [-0.2, 0) is 9.53 Å². The molecule has 2 aliphatic rings. The molecule has 0 aliphatic carbocycles. The van der Waals surface area contributed by atoms with Gasteiger partial charge in [0.2, 0.25) is 0 Å². The van der Waals surface area contributed by atoms with Gasteiger partial charge in [0.05, 0.1) is 13.3 Å². The Bertz CT molecular complexity index is 855. The maximum absolute atomic E-state index is 12.4. The first-order chi connectivity index (χ1) is 15.2. The highest BCUT2D eigenvalue weighted by atomic mass is 32.1. The highest BCUT2D eigenvalue weighted by molar-refractivity contribution is 7.08. The lowest BCUT2D eigenvalue weighted by atomic mass is 9.98. The third kappa shape index (κ3) is 5.08. The number of esters is 1. The summed E-state index contributed by atoms with van der Waals surface area (Å²) in [5.41, 5.74) is 3.32. The van der Waals surface area contributed by atoms with E-state index in [4.69, 9.17) is 10.6 Å². The second-order valence-electron chi connectivity index (χ2n) is 8.14. The third-order valence-electron chi connectivity index (χ3n) is 6.46. The maximum atomic E-state index is 12.4. The number of likely N-dealkylation sites (tertiary alicyclic amines) is 1. The molecule has 0 spiro atoms. The number of thiophene rings is 1. The minimum absolute atomic E-state index is 0.158. The second kappa shape index (κ2) is 10.3. The number of carbonyl (C=O) groups excluding carboxylic acids is 1. The van der Waals surface area contributed by atoms with E-state index in [9.17, 15) is 4.79 Å². The maximum Gasteiger partial charge on any atom is 0.327 e. The number of rotatable bonds is 6. The number of hydrazone groups is 1. The molecule has 1 unspecified atom stereocenters. The molecule has 2 saturated heterocycles. The van der Waals surface area contributed by atoms with Crippen molar-refractivity contribution in [3.63, 3.8) is 0 Å². The lowest BCUT2D eigenvalue weighted by molar-refractivity contribution is -0.148. The molecular formula is C23H31N5O2S. The van der Waals surface area contributed by atoms with E-state index in [0.29, 0.717) is 6.04 Å². The number of carbonyl (C=O) groups is 1. The monoisotopic (exact) mass is 441 g/mol. The summed E-state index contributed by atoms with van der Waals surface area (Å²) >= 11 is 1.63. The van der Waals surface area contributed by atoms with Crippen LogP contribution in [0.3, 0.4) is 0 Å². The van der Waals surface area contributed by atoms with E-state index in [-0.39, 0.29) is 12.0 Å². The van der Waals surface area contributed by atoms with Crippen LogP contribution in [-0.4, -0.2) is 74.4 Å². The van der Waals surface area contributed by atoms with Gasteiger partial charge in [-0.05, 0) is 52.9 Å². The normalized spacial score (nSPS) is 20.2. The van der Waals surface area contributed by atoms with Crippen molar-refractivity contribution in [2.45, 2.75) is 24.9 Å². The topological polar surface area (TPSA) is 74.4 Å². The van der Waals surface area contributed by atoms with Gasteiger partial charge in [0.15, 0.2) is 0 Å². The second-order valence-corrected chi connectivity index (χ2v) is 8.92. The number of hydrogen-bond acceptors (Lipinski definition) is 8. The van der Waals surface area contributed by atoms with Gasteiger partial charge in [-0.15, -0.1) is 0 Å². The Morgan fingerprint density at radius 1 is 1.13 bits per heavy atom. The van der Waals surface area contributed by atoms with E-state index in [1.54, 1.807) is 17.6 Å². The molecule has 1 atom stereocenters. The van der Waals surface area contributed by atoms with Crippen LogP contribution in [0.25, 0.3) is 0 Å². The summed E-state index contributed by atoms with van der Waals surface area (Å²) in [5, 5.41) is 7.66. The Labute approximate surface area is 188 Å². The molecule has 2 fully saturated rings. The fraction of sp³-hybridized carbons (Fsp3) is 0.478. The molecule has 4 rings (SSSR count). The van der Waals surface area contributed by atoms with Crippen molar-refractivity contribution >= 4 is 29.2 Å². The van der Waals surface area contributed by atoms with Gasteiger partial charge in [-0.3, -0.25) is 9.80 Å². The number of nitrogens with two attached hydrogens (primary N) is 1. The summed E-state index contributed by atoms with van der Waals surface area (Å²) in [6.45, 7) is 6.05. The van der Waals surface area contributed by atoms with Crippen molar-refractivity contribution in [1.82, 2.24) is 9.80 Å². The SMILES string of the molecule is COC(=O)C(c1ccsc1)N1CCC(N2CCN(c3ccc(C=NN)cc3)CC2)CC1. The van der Waals surface area contributed by atoms with Crippen molar-refractivity contribution < 1.29 is 9.53 Å². The van der Waals surface area contributed by atoms with Crippen molar-refractivity contribution in [1.29, 1.82) is 0 Å². The quantitative estimate of drug-likeness (QED) is 0.321. The van der Waals surface area contributed by atoms with Crippen LogP contribution >= 0.6 is 11.3 Å². The lowest BCUT2D eigenvalue weighted by Gasteiger charge is -2.44. The molecule has 0 bridgehead atoms. The van der Waals surface area contributed by atoms with Crippen molar-refractivity contribution in [2.24, 2.45) is 10.9 Å². The number of benzene rings is 1. The van der Waals surface area contributed by atoms with Crippen LogP contribution in [0.5, 0.6) is 0 Å². The summed E-state index contributed by atoms with van der Waals surface area (Å²) < 4.78 is 5.10. The van der Waals surface area contributed by atoms with Gasteiger partial charge in [0, 0.05) is 51.0 Å². The largest absolute Gasteiger partial charge is 0.468 e. The first kappa shape index (κ1) is 21.8. The number of ether oxygens (including phenoxy) is 1. The zero-order chi connectivity index (χ0) is 21.6. The molecule has 1 aromatic heterocycles. The van der Waals surface area contributed by atoms with E-state index in [2.05, 4.69) is 49.4 Å². The Balaban J connectivity index is 1.29. The molecule has 2 aliphatic heterocycles. The molecule has 2 N–H and O–H groups in total. The van der Waals surface area contributed by atoms with Crippen LogP contribution in [0.4, 0.5) is 5.69 Å². The van der Waals surface area contributed by atoms with Crippen molar-refractivity contribution in [3.8, 4) is 0 Å². The Morgan fingerprint density at radius 2 is 1.84 bits per heavy atom. The summed E-state index contributed by atoms with van der Waals surface area (Å²) in [4.78, 5) is 19.8. The Hall–Kier alpha value is -2.42. The lowest BCUT2D eigenvalue weighted by Crippen LogP contribution is -2.54. The van der Waals surface area contributed by atoms with Crippen LogP contribution in [0.1, 0.15) is 30.0 Å². The molecule has 31 heavy (non-hydrogen) atoms. The first-order valence-corrected chi connectivity index (χ1v) is 11.8. The minimum Gasteiger partial charge on any atom is -0.468 e. The third-order valence-corrected chi connectivity index (χ3v) is 7.16. The van der Waals surface area contributed by atoms with E-state index in [0.717, 1.165) is 63.2 Å². The summed E-state index contributed by atoms with van der Waals surface area (Å²) in [6, 6.07) is 10.7. The van der Waals surface area contributed by atoms with Crippen molar-refractivity contribution in [2.75, 3.05) is 51.3 Å². The highest BCUT2D eigenvalue weighted by Crippen LogP contribution is 2.29. The number of piperidine rings is 1. The predicted molar refractivity (Wildman–Crippen MR) is 126 cm³/mol. The molecule has 166 valence electrons. The van der Waals surface area contributed by atoms with E-state index >= 15 is 0 Å². The molecule has 1 aromatic carbocycles. The highest BCUT2D eigenvalue weighted by Gasteiger charge is 2.34. The van der Waals surface area contributed by atoms with Crippen LogP contribution in [0.15, 0.2) is 46.2 Å². The van der Waals surface area contributed by atoms with E-state index in [1.165, 1.54) is 12.8 Å². The Morgan fingerprint density at radius 3 is 2.42 bits per heavy atom. The van der Waals surface area contributed by atoms with Crippen LogP contribution in [0, 0.1) is 0 Å². The summed E-state index contributed by atoms with van der Waals surface area (Å²) in [6.07, 6.45) is 3.84. The van der Waals surface area contributed by atoms with Gasteiger partial charge in [-0.1, -0.05) is 12.1 Å². The number of piperazine rings is 1. The predicted octanol–water partition coefficient (Wildman–Crippen LogP) is 2.54. The van der Waals surface area contributed by atoms with Crippen LogP contribution < -0.4 is 10.7 Å². The number of hydrogen-bond donors (Lipinski definition) is 1. The van der Waals surface area contributed by atoms with Crippen molar-refractivity contribution in [3.05, 3.63) is 52.2 Å². The van der Waals surface area contributed by atoms with Gasteiger partial charge in [0.1, 0.15) is 6.04 Å². The smallest absolute Gasteiger partial charge is 0.327 e. The number of nitrogens with zero attached hydrogens (tertiary/aromatic N) is 4. The van der Waals surface area contributed by atoms with Gasteiger partial charge in [-0.2, -0.15) is 16.4 Å². The molecule has 0 saturated carbocycles. The minimum atomic E-state index is -0.277. The van der Waals surface area contributed by atoms with Gasteiger partial charge in [0.25, 0.3) is 0 Å². The molecule has 8 heteroatoms. The molecular weight excluding hydrogens is 410 g/mol. The molecule has 0 radical (unpaired) electrons. The van der Waals surface area contributed by atoms with Gasteiger partial charge < -0.3 is 15.5 Å². The van der Waals surface area contributed by atoms with Gasteiger partial charge >= 0.3 is 5.97 Å². The molecule has 0 amide bonds. The molecule has 7 nitrogen and oxygen atoms in total. The molecule has 3 heterocycles. The number of methoxy groups -OCH3 is 1. The first-order valence-electron chi connectivity index (χ1n) is 10.9. The fourth-order valence-electron chi connectivity index (χ4n) is 4.75. The average Bonchev–Trinajstić information content (AvgIpc) is 3.35. The fourth-order valence-corrected chi connectivity index (χ4v) is 5.43. The zero-order valence-electron chi connectivity index (χ0n) is 18.0. The van der Waals surface area contributed by atoms with Crippen LogP contribution in [0.2, 0.25) is 0 Å². The number of anilines is 1. The average molecular weight is 442 g/mol. The summed E-state index contributed by atoms with van der Waals surface area (Å²) in [7, 11) is 1.48. The van der Waals surface area contributed by atoms with E-state index in [1.807, 2.05) is 11.4 Å². The molecule has 2 aromatic rings.